The first-order valence-corrected chi connectivity index (χ1v) is 11.6. The Hall–Kier alpha value is -2.97. The number of carbonyl (C=O) groups excluding carboxylic acids is 2. The van der Waals surface area contributed by atoms with Gasteiger partial charge in [0.15, 0.2) is 5.76 Å². The number of likely N-dealkylation sites (tertiary alicyclic amines) is 1. The largest absolute Gasteiger partial charge is 0.505 e. The Kier molecular flexibility index (Phi) is 6.41. The van der Waals surface area contributed by atoms with Crippen LogP contribution < -0.4 is 0 Å². The van der Waals surface area contributed by atoms with E-state index in [1.54, 1.807) is 4.90 Å². The normalized spacial score (nSPS) is 18.1. The van der Waals surface area contributed by atoms with Crippen LogP contribution in [0.1, 0.15) is 35.0 Å². The number of aliphatic hydroxyl groups excluding tert-OH is 1. The van der Waals surface area contributed by atoms with Crippen LogP contribution >= 0.6 is 15.9 Å². The topological polar surface area (TPSA) is 78.2 Å². The monoisotopic (exact) mass is 510 g/mol. The summed E-state index contributed by atoms with van der Waals surface area (Å²) in [5.41, 5.74) is 3.51. The minimum Gasteiger partial charge on any atom is -0.505 e. The van der Waals surface area contributed by atoms with E-state index in [1.807, 2.05) is 79.8 Å². The fourth-order valence-corrected chi connectivity index (χ4v) is 4.78. The molecule has 0 aliphatic carbocycles. The van der Waals surface area contributed by atoms with E-state index in [-0.39, 0.29) is 11.3 Å². The van der Waals surface area contributed by atoms with E-state index in [4.69, 9.17) is 0 Å². The van der Waals surface area contributed by atoms with Crippen LogP contribution in [0.3, 0.4) is 0 Å². The van der Waals surface area contributed by atoms with Crippen molar-refractivity contribution in [1.82, 2.24) is 19.2 Å². The van der Waals surface area contributed by atoms with Gasteiger partial charge in [0.05, 0.1) is 17.3 Å². The highest BCUT2D eigenvalue weighted by Gasteiger charge is 2.46. The van der Waals surface area contributed by atoms with Gasteiger partial charge in [0.25, 0.3) is 11.7 Å². The van der Waals surface area contributed by atoms with Crippen LogP contribution in [-0.4, -0.2) is 63.2 Å². The van der Waals surface area contributed by atoms with Crippen molar-refractivity contribution in [2.75, 3.05) is 27.2 Å². The van der Waals surface area contributed by atoms with Gasteiger partial charge in [-0.25, -0.2) is 4.98 Å². The number of imidazole rings is 1. The van der Waals surface area contributed by atoms with Crippen LogP contribution in [0.4, 0.5) is 0 Å². The Morgan fingerprint density at radius 2 is 1.94 bits per heavy atom. The maximum absolute atomic E-state index is 13.2. The smallest absolute Gasteiger partial charge is 0.295 e. The summed E-state index contributed by atoms with van der Waals surface area (Å²) in [6.07, 6.45) is 2.57. The van der Waals surface area contributed by atoms with Crippen molar-refractivity contribution in [3.05, 3.63) is 75.2 Å². The van der Waals surface area contributed by atoms with Gasteiger partial charge in [0.2, 0.25) is 0 Å². The van der Waals surface area contributed by atoms with Gasteiger partial charge in [-0.05, 0) is 70.2 Å². The highest BCUT2D eigenvalue weighted by atomic mass is 79.9. The molecule has 1 fully saturated rings. The Bertz CT molecular complexity index is 1280. The van der Waals surface area contributed by atoms with Crippen LogP contribution in [0.2, 0.25) is 0 Å². The molecule has 0 radical (unpaired) electrons. The van der Waals surface area contributed by atoms with Crippen molar-refractivity contribution in [3.63, 3.8) is 0 Å². The van der Waals surface area contributed by atoms with E-state index in [0.29, 0.717) is 30.0 Å². The van der Waals surface area contributed by atoms with Crippen molar-refractivity contribution in [1.29, 1.82) is 0 Å². The summed E-state index contributed by atoms with van der Waals surface area (Å²) in [6.45, 7) is 4.96. The number of benzene rings is 1. The maximum atomic E-state index is 13.2. The zero-order chi connectivity index (χ0) is 23.9. The first-order chi connectivity index (χ1) is 15.7. The molecule has 0 spiro atoms. The predicted octanol–water partition coefficient (Wildman–Crippen LogP) is 4.09. The van der Waals surface area contributed by atoms with Crippen LogP contribution in [0.5, 0.6) is 0 Å². The number of hydrogen-bond acceptors (Lipinski definition) is 5. The molecule has 1 saturated heterocycles. The minimum atomic E-state index is -0.685. The molecule has 0 saturated carbocycles. The predicted molar refractivity (Wildman–Crippen MR) is 131 cm³/mol. The zero-order valence-electron chi connectivity index (χ0n) is 19.2. The number of nitrogens with zero attached hydrogens (tertiary/aromatic N) is 4. The molecule has 8 heteroatoms. The van der Waals surface area contributed by atoms with E-state index in [9.17, 15) is 14.7 Å². The number of halogens is 1. The summed E-state index contributed by atoms with van der Waals surface area (Å²) >= 11 is 3.49. The van der Waals surface area contributed by atoms with Crippen LogP contribution in [0.15, 0.2) is 52.6 Å². The van der Waals surface area contributed by atoms with Gasteiger partial charge in [0, 0.05) is 17.2 Å². The van der Waals surface area contributed by atoms with Crippen molar-refractivity contribution < 1.29 is 14.7 Å². The second-order valence-corrected chi connectivity index (χ2v) is 9.55. The Morgan fingerprint density at radius 1 is 1.18 bits per heavy atom. The summed E-state index contributed by atoms with van der Waals surface area (Å²) in [5.74, 6) is -1.53. The lowest BCUT2D eigenvalue weighted by Crippen LogP contribution is -2.32. The molecule has 3 heterocycles. The summed E-state index contributed by atoms with van der Waals surface area (Å²) in [6, 6.07) is 10.7. The number of carbonyl (C=O) groups is 2. The molecule has 3 aromatic rings. The lowest BCUT2D eigenvalue weighted by molar-refractivity contribution is -0.139. The fraction of sp³-hybridized carbons (Fsp3) is 0.320. The van der Waals surface area contributed by atoms with E-state index in [0.717, 1.165) is 22.1 Å². The second-order valence-electron chi connectivity index (χ2n) is 8.63. The van der Waals surface area contributed by atoms with Crippen molar-refractivity contribution >= 4 is 39.0 Å². The van der Waals surface area contributed by atoms with Gasteiger partial charge in [-0.15, -0.1) is 0 Å². The minimum absolute atomic E-state index is 0.0760. The number of fused-ring (bicyclic) bond motifs is 1. The molecular weight excluding hydrogens is 484 g/mol. The zero-order valence-corrected chi connectivity index (χ0v) is 20.8. The van der Waals surface area contributed by atoms with Crippen LogP contribution in [-0.2, 0) is 9.59 Å². The number of aliphatic hydroxyl groups is 1. The molecule has 1 unspecified atom stereocenters. The third-order valence-electron chi connectivity index (χ3n) is 6.02. The molecule has 4 rings (SSSR count). The Labute approximate surface area is 201 Å². The molecule has 1 aliphatic heterocycles. The van der Waals surface area contributed by atoms with E-state index in [2.05, 4.69) is 20.9 Å². The first kappa shape index (κ1) is 23.2. The van der Waals surface area contributed by atoms with Crippen molar-refractivity contribution in [2.24, 2.45) is 0 Å². The SMILES string of the molecule is Cc1cccn2c(C)c(/C(O)=C3\C(=O)C(=O)N(CCCN(C)C)C3c3cccc(Br)c3)nc12. The first-order valence-electron chi connectivity index (χ1n) is 10.8. The molecule has 0 bridgehead atoms. The van der Waals surface area contributed by atoms with Crippen molar-refractivity contribution in [2.45, 2.75) is 26.3 Å². The molecule has 172 valence electrons. The maximum Gasteiger partial charge on any atom is 0.295 e. The molecule has 1 atom stereocenters. The Morgan fingerprint density at radius 3 is 2.61 bits per heavy atom. The average molecular weight is 511 g/mol. The highest BCUT2D eigenvalue weighted by molar-refractivity contribution is 9.10. The molecule has 2 aromatic heterocycles. The summed E-state index contributed by atoms with van der Waals surface area (Å²) in [7, 11) is 3.93. The number of aromatic nitrogens is 2. The molecule has 7 nitrogen and oxygen atoms in total. The highest BCUT2D eigenvalue weighted by Crippen LogP contribution is 2.40. The van der Waals surface area contributed by atoms with E-state index in [1.165, 1.54) is 0 Å². The molecule has 33 heavy (non-hydrogen) atoms. The standard InChI is InChI=1S/C25H27BrN4O3/c1-15-8-6-12-29-16(2)20(27-24(15)29)22(31)19-21(17-9-5-10-18(26)14-17)30(25(33)23(19)32)13-7-11-28(3)4/h5-6,8-10,12,14,21,31H,7,11,13H2,1-4H3/b22-19+. The van der Waals surface area contributed by atoms with E-state index < -0.39 is 17.7 Å². The number of pyridine rings is 1. The number of rotatable bonds is 6. The second kappa shape index (κ2) is 9.11. The lowest BCUT2D eigenvalue weighted by Gasteiger charge is -2.26. The number of aryl methyl sites for hydroxylation is 2. The Balaban J connectivity index is 1.88. The summed E-state index contributed by atoms with van der Waals surface area (Å²) < 4.78 is 2.71. The molecule has 1 aliphatic rings. The van der Waals surface area contributed by atoms with E-state index >= 15 is 0 Å². The average Bonchev–Trinajstić information content (AvgIpc) is 3.23. The van der Waals surface area contributed by atoms with Gasteiger partial charge < -0.3 is 19.3 Å². The quantitative estimate of drug-likeness (QED) is 0.307. The molecule has 1 amide bonds. The number of ketones is 1. The third kappa shape index (κ3) is 4.20. The lowest BCUT2D eigenvalue weighted by atomic mass is 9.96. The van der Waals surface area contributed by atoms with Gasteiger partial charge >= 0.3 is 0 Å². The van der Waals surface area contributed by atoms with Crippen LogP contribution in [0.25, 0.3) is 11.4 Å². The molecule has 1 aromatic carbocycles. The molecular formula is C25H27BrN4O3. The fourth-order valence-electron chi connectivity index (χ4n) is 4.37. The van der Waals surface area contributed by atoms with Gasteiger partial charge in [0.1, 0.15) is 11.3 Å². The number of Topliss-reactive ketones (excluding diaryl/α,β-unsaturated/α-hetero) is 1. The van der Waals surface area contributed by atoms with Gasteiger partial charge in [-0.1, -0.05) is 34.1 Å². The van der Waals surface area contributed by atoms with Crippen LogP contribution in [0, 0.1) is 13.8 Å². The number of amides is 1. The summed E-state index contributed by atoms with van der Waals surface area (Å²) in [5, 5.41) is 11.4. The van der Waals surface area contributed by atoms with Gasteiger partial charge in [-0.3, -0.25) is 9.59 Å². The molecule has 1 N–H and O–H groups in total. The number of hydrogen-bond donors (Lipinski definition) is 1. The third-order valence-corrected chi connectivity index (χ3v) is 6.51. The van der Waals surface area contributed by atoms with Gasteiger partial charge in [-0.2, -0.15) is 0 Å². The summed E-state index contributed by atoms with van der Waals surface area (Å²) in [4.78, 5) is 34.5. The van der Waals surface area contributed by atoms with Crippen molar-refractivity contribution in [3.8, 4) is 0 Å².